The van der Waals surface area contributed by atoms with Crippen molar-refractivity contribution in [1.29, 1.82) is 0 Å². The largest absolute Gasteiger partial charge is 0.379 e. The second-order valence-electron chi connectivity index (χ2n) is 4.95. The van der Waals surface area contributed by atoms with Crippen molar-refractivity contribution in [3.63, 3.8) is 0 Å². The smallest absolute Gasteiger partial charge is 0.250 e. The van der Waals surface area contributed by atoms with E-state index in [4.69, 9.17) is 17.3 Å². The number of benzene rings is 1. The van der Waals surface area contributed by atoms with Crippen molar-refractivity contribution in [3.05, 3.63) is 33.3 Å². The second-order valence-corrected chi connectivity index (χ2v) is 6.24. The van der Waals surface area contributed by atoms with Crippen molar-refractivity contribution >= 4 is 33.4 Å². The number of carbonyl (C=O) groups is 1. The summed E-state index contributed by atoms with van der Waals surface area (Å²) < 4.78 is 0.924. The summed E-state index contributed by atoms with van der Waals surface area (Å²) >= 11 is 9.37. The fourth-order valence-electron chi connectivity index (χ4n) is 2.35. The Morgan fingerprint density at radius 2 is 2.32 bits per heavy atom. The average molecular weight is 348 g/mol. The molecule has 2 rings (SSSR count). The third kappa shape index (κ3) is 3.48. The fourth-order valence-corrected chi connectivity index (χ4v) is 3.16. The minimum atomic E-state index is -1.41. The highest BCUT2D eigenvalue weighted by Crippen LogP contribution is 2.26. The summed E-state index contributed by atoms with van der Waals surface area (Å²) in [5, 5.41) is 10.8. The first-order chi connectivity index (χ1) is 8.90. The second kappa shape index (κ2) is 5.79. The number of rotatable bonds is 3. The van der Waals surface area contributed by atoms with Crippen LogP contribution >= 0.6 is 27.5 Å². The lowest BCUT2D eigenvalue weighted by molar-refractivity contribution is -0.142. The fraction of sp³-hybridized carbons (Fsp3) is 0.462. The molecule has 1 atom stereocenters. The van der Waals surface area contributed by atoms with E-state index in [9.17, 15) is 9.90 Å². The molecule has 3 N–H and O–H groups in total. The van der Waals surface area contributed by atoms with Crippen molar-refractivity contribution < 1.29 is 9.90 Å². The maximum absolute atomic E-state index is 11.3. The molecule has 1 aromatic carbocycles. The van der Waals surface area contributed by atoms with Gasteiger partial charge in [-0.1, -0.05) is 33.6 Å². The van der Waals surface area contributed by atoms with Gasteiger partial charge in [0, 0.05) is 22.6 Å². The van der Waals surface area contributed by atoms with Crippen molar-refractivity contribution in [3.8, 4) is 0 Å². The Hall–Kier alpha value is -0.620. The Morgan fingerprint density at radius 3 is 2.95 bits per heavy atom. The summed E-state index contributed by atoms with van der Waals surface area (Å²) in [5.74, 6) is -0.646. The van der Waals surface area contributed by atoms with E-state index in [0.29, 0.717) is 18.0 Å². The molecule has 1 aliphatic heterocycles. The summed E-state index contributed by atoms with van der Waals surface area (Å²) in [6, 6.07) is 5.59. The third-order valence-electron chi connectivity index (χ3n) is 3.42. The van der Waals surface area contributed by atoms with Crippen LogP contribution in [0, 0.1) is 0 Å². The van der Waals surface area contributed by atoms with Crippen LogP contribution in [0.5, 0.6) is 0 Å². The number of carbonyl (C=O) groups excluding carboxylic acids is 1. The molecule has 0 bridgehead atoms. The first kappa shape index (κ1) is 14.8. The zero-order valence-electron chi connectivity index (χ0n) is 10.4. The summed E-state index contributed by atoms with van der Waals surface area (Å²) in [4.78, 5) is 13.3. The Morgan fingerprint density at radius 1 is 1.58 bits per heavy atom. The van der Waals surface area contributed by atoms with Crippen LogP contribution in [0.15, 0.2) is 22.7 Å². The van der Waals surface area contributed by atoms with Gasteiger partial charge in [0.05, 0.1) is 0 Å². The maximum Gasteiger partial charge on any atom is 0.250 e. The standard InChI is InChI=1S/C13H16BrClN2O2/c14-11-6-10(15)3-2-9(11)7-17-5-1-4-13(19,8-17)12(16)18/h2-3,6,19H,1,4-5,7-8H2,(H2,16,18). The van der Waals surface area contributed by atoms with E-state index >= 15 is 0 Å². The number of hydrogen-bond donors (Lipinski definition) is 2. The average Bonchev–Trinajstić information content (AvgIpc) is 2.33. The molecule has 6 heteroatoms. The van der Waals surface area contributed by atoms with Crippen LogP contribution in [0.1, 0.15) is 18.4 Å². The van der Waals surface area contributed by atoms with Crippen LogP contribution in [0.4, 0.5) is 0 Å². The zero-order chi connectivity index (χ0) is 14.0. The normalized spacial score (nSPS) is 24.4. The van der Waals surface area contributed by atoms with E-state index in [-0.39, 0.29) is 6.54 Å². The number of nitrogens with two attached hydrogens (primary N) is 1. The number of nitrogens with zero attached hydrogens (tertiary/aromatic N) is 1. The van der Waals surface area contributed by atoms with E-state index in [1.165, 1.54) is 0 Å². The highest BCUT2D eigenvalue weighted by atomic mass is 79.9. The molecule has 104 valence electrons. The molecular weight excluding hydrogens is 332 g/mol. The van der Waals surface area contributed by atoms with E-state index in [2.05, 4.69) is 15.9 Å². The Balaban J connectivity index is 2.09. The SMILES string of the molecule is NC(=O)C1(O)CCCN(Cc2ccc(Cl)cc2Br)C1. The number of hydrogen-bond acceptors (Lipinski definition) is 3. The molecule has 1 fully saturated rings. The third-order valence-corrected chi connectivity index (χ3v) is 4.39. The molecule has 1 aromatic rings. The Kier molecular flexibility index (Phi) is 4.50. The van der Waals surface area contributed by atoms with Gasteiger partial charge in [0.25, 0.3) is 5.91 Å². The van der Waals surface area contributed by atoms with E-state index < -0.39 is 11.5 Å². The molecule has 0 aliphatic carbocycles. The van der Waals surface area contributed by atoms with Gasteiger partial charge in [0.1, 0.15) is 0 Å². The molecule has 0 aromatic heterocycles. The summed E-state index contributed by atoms with van der Waals surface area (Å²) in [5.41, 5.74) is 4.93. The number of primary amides is 1. The molecule has 19 heavy (non-hydrogen) atoms. The zero-order valence-corrected chi connectivity index (χ0v) is 12.7. The van der Waals surface area contributed by atoms with Crippen LogP contribution in [-0.4, -0.2) is 34.6 Å². The van der Waals surface area contributed by atoms with Gasteiger partial charge in [-0.2, -0.15) is 0 Å². The lowest BCUT2D eigenvalue weighted by Crippen LogP contribution is -2.55. The highest BCUT2D eigenvalue weighted by molar-refractivity contribution is 9.10. The van der Waals surface area contributed by atoms with E-state index in [1.807, 2.05) is 23.1 Å². The van der Waals surface area contributed by atoms with Gasteiger partial charge in [-0.15, -0.1) is 0 Å². The minimum Gasteiger partial charge on any atom is -0.379 e. The number of piperidine rings is 1. The van der Waals surface area contributed by atoms with Gasteiger partial charge in [0.15, 0.2) is 5.60 Å². The Bertz CT molecular complexity index is 498. The number of halogens is 2. The Labute approximate surface area is 125 Å². The summed E-state index contributed by atoms with van der Waals surface area (Å²) in [7, 11) is 0. The predicted octanol–water partition coefficient (Wildman–Crippen LogP) is 1.91. The van der Waals surface area contributed by atoms with Crippen molar-refractivity contribution in [2.75, 3.05) is 13.1 Å². The molecule has 1 aliphatic rings. The molecule has 4 nitrogen and oxygen atoms in total. The molecule has 0 radical (unpaired) electrons. The minimum absolute atomic E-state index is 0.275. The van der Waals surface area contributed by atoms with Gasteiger partial charge in [-0.05, 0) is 37.1 Å². The first-order valence-electron chi connectivity index (χ1n) is 6.09. The number of amides is 1. The van der Waals surface area contributed by atoms with Crippen LogP contribution in [0.25, 0.3) is 0 Å². The number of aliphatic hydroxyl groups is 1. The molecule has 1 unspecified atom stereocenters. The molecule has 0 spiro atoms. The van der Waals surface area contributed by atoms with Crippen LogP contribution in [0.2, 0.25) is 5.02 Å². The molecule has 0 saturated carbocycles. The summed E-state index contributed by atoms with van der Waals surface area (Å²) in [6.45, 7) is 1.76. The van der Waals surface area contributed by atoms with Crippen molar-refractivity contribution in [1.82, 2.24) is 4.90 Å². The quantitative estimate of drug-likeness (QED) is 0.878. The van der Waals surface area contributed by atoms with Gasteiger partial charge >= 0.3 is 0 Å². The maximum atomic E-state index is 11.3. The predicted molar refractivity (Wildman–Crippen MR) is 77.8 cm³/mol. The van der Waals surface area contributed by atoms with Gasteiger partial charge < -0.3 is 10.8 Å². The van der Waals surface area contributed by atoms with Gasteiger partial charge in [0.2, 0.25) is 0 Å². The molecule has 1 amide bonds. The number of likely N-dealkylation sites (tertiary alicyclic amines) is 1. The highest BCUT2D eigenvalue weighted by Gasteiger charge is 2.38. The first-order valence-corrected chi connectivity index (χ1v) is 7.26. The molecule has 1 saturated heterocycles. The van der Waals surface area contributed by atoms with E-state index in [1.54, 1.807) is 0 Å². The van der Waals surface area contributed by atoms with E-state index in [0.717, 1.165) is 23.0 Å². The van der Waals surface area contributed by atoms with Crippen LogP contribution in [0.3, 0.4) is 0 Å². The van der Waals surface area contributed by atoms with Crippen molar-refractivity contribution in [2.45, 2.75) is 25.0 Å². The monoisotopic (exact) mass is 346 g/mol. The number of β-amino-alcohol motifs (C(OH)–C–C–N with tert-alkyl or cyclic N) is 1. The van der Waals surface area contributed by atoms with Crippen molar-refractivity contribution in [2.24, 2.45) is 5.73 Å². The van der Waals surface area contributed by atoms with Gasteiger partial charge in [-0.3, -0.25) is 9.69 Å². The summed E-state index contributed by atoms with van der Waals surface area (Å²) in [6.07, 6.45) is 1.19. The lowest BCUT2D eigenvalue weighted by Gasteiger charge is -2.37. The topological polar surface area (TPSA) is 66.6 Å². The molecular formula is C13H16BrClN2O2. The van der Waals surface area contributed by atoms with Crippen LogP contribution in [-0.2, 0) is 11.3 Å². The molecule has 1 heterocycles. The van der Waals surface area contributed by atoms with Crippen LogP contribution < -0.4 is 5.73 Å². The lowest BCUT2D eigenvalue weighted by atomic mass is 9.92. The van der Waals surface area contributed by atoms with Gasteiger partial charge in [-0.25, -0.2) is 0 Å².